The molecule has 6 heteroatoms. The Balaban J connectivity index is 1.80. The number of hydrogen-bond acceptors (Lipinski definition) is 3. The Morgan fingerprint density at radius 3 is 2.50 bits per heavy atom. The number of halogens is 2. The van der Waals surface area contributed by atoms with Gasteiger partial charge in [-0.15, -0.1) is 0 Å². The molecule has 0 bridgehead atoms. The first-order valence-corrected chi connectivity index (χ1v) is 9.28. The maximum atomic E-state index is 14.3. The van der Waals surface area contributed by atoms with Crippen molar-refractivity contribution >= 4 is 23.6 Å². The highest BCUT2D eigenvalue weighted by atomic mass is 19.1. The molecule has 0 radical (unpaired) electrons. The van der Waals surface area contributed by atoms with Crippen molar-refractivity contribution in [2.45, 2.75) is 6.92 Å². The highest BCUT2D eigenvalue weighted by Gasteiger charge is 2.14. The fraction of sp³-hybridized carbons (Fsp3) is 0.0833. The summed E-state index contributed by atoms with van der Waals surface area (Å²) < 4.78 is 32.6. The molecule has 0 aliphatic carbocycles. The van der Waals surface area contributed by atoms with Gasteiger partial charge in [0.15, 0.2) is 0 Å². The number of esters is 1. The lowest BCUT2D eigenvalue weighted by Crippen LogP contribution is -2.14. The van der Waals surface area contributed by atoms with Crippen molar-refractivity contribution in [2.24, 2.45) is 0 Å². The fourth-order valence-corrected chi connectivity index (χ4v) is 2.82. The summed E-state index contributed by atoms with van der Waals surface area (Å²) in [7, 11) is 0. The highest BCUT2D eigenvalue weighted by molar-refractivity contribution is 6.05. The Bertz CT molecular complexity index is 1110. The van der Waals surface area contributed by atoms with Crippen LogP contribution in [0, 0.1) is 11.6 Å². The number of carbonyl (C=O) groups excluding carboxylic acids is 2. The van der Waals surface area contributed by atoms with Crippen LogP contribution in [0.2, 0.25) is 0 Å². The molecule has 0 fully saturated rings. The Labute approximate surface area is 172 Å². The van der Waals surface area contributed by atoms with E-state index in [1.165, 1.54) is 36.4 Å². The lowest BCUT2D eigenvalue weighted by atomic mass is 10.0. The number of hydrogen-bond donors (Lipinski definition) is 1. The number of anilines is 1. The zero-order valence-corrected chi connectivity index (χ0v) is 16.2. The van der Waals surface area contributed by atoms with Crippen molar-refractivity contribution < 1.29 is 23.1 Å². The van der Waals surface area contributed by atoms with Crippen LogP contribution in [0.1, 0.15) is 22.8 Å². The summed E-state index contributed by atoms with van der Waals surface area (Å²) in [5, 5.41) is 2.64. The quantitative estimate of drug-likeness (QED) is 0.436. The molecule has 3 aromatic rings. The van der Waals surface area contributed by atoms with Gasteiger partial charge in [-0.1, -0.05) is 30.3 Å². The van der Waals surface area contributed by atoms with Gasteiger partial charge in [-0.3, -0.25) is 4.79 Å². The van der Waals surface area contributed by atoms with Gasteiger partial charge in [0, 0.05) is 11.8 Å². The molecule has 0 aliphatic rings. The molecular weight excluding hydrogens is 388 g/mol. The molecule has 30 heavy (non-hydrogen) atoms. The predicted octanol–water partition coefficient (Wildman–Crippen LogP) is 5.46. The van der Waals surface area contributed by atoms with E-state index in [4.69, 9.17) is 4.74 Å². The van der Waals surface area contributed by atoms with Gasteiger partial charge < -0.3 is 10.1 Å². The van der Waals surface area contributed by atoms with Crippen LogP contribution in [-0.2, 0) is 9.53 Å². The first-order valence-electron chi connectivity index (χ1n) is 9.28. The van der Waals surface area contributed by atoms with Gasteiger partial charge >= 0.3 is 5.97 Å². The van der Waals surface area contributed by atoms with Crippen molar-refractivity contribution in [3.05, 3.63) is 95.6 Å². The predicted molar refractivity (Wildman–Crippen MR) is 112 cm³/mol. The molecule has 0 unspecified atom stereocenters. The van der Waals surface area contributed by atoms with E-state index in [1.807, 2.05) is 0 Å². The minimum absolute atomic E-state index is 0.163. The average molecular weight is 407 g/mol. The van der Waals surface area contributed by atoms with Crippen LogP contribution < -0.4 is 5.32 Å². The van der Waals surface area contributed by atoms with Crippen LogP contribution >= 0.6 is 0 Å². The molecule has 0 atom stereocenters. The lowest BCUT2D eigenvalue weighted by Gasteiger charge is -2.09. The normalized spacial score (nSPS) is 10.8. The molecule has 1 amide bonds. The van der Waals surface area contributed by atoms with Crippen LogP contribution in [0.3, 0.4) is 0 Å². The van der Waals surface area contributed by atoms with E-state index in [2.05, 4.69) is 5.32 Å². The largest absolute Gasteiger partial charge is 0.463 e. The van der Waals surface area contributed by atoms with E-state index in [0.717, 1.165) is 0 Å². The zero-order chi connectivity index (χ0) is 21.5. The third kappa shape index (κ3) is 5.38. The van der Waals surface area contributed by atoms with Gasteiger partial charge in [0.25, 0.3) is 5.91 Å². The van der Waals surface area contributed by atoms with E-state index in [-0.39, 0.29) is 12.2 Å². The van der Waals surface area contributed by atoms with E-state index in [9.17, 15) is 18.4 Å². The van der Waals surface area contributed by atoms with E-state index >= 15 is 0 Å². The molecule has 4 nitrogen and oxygen atoms in total. The summed E-state index contributed by atoms with van der Waals surface area (Å²) in [4.78, 5) is 24.1. The minimum Gasteiger partial charge on any atom is -0.463 e. The van der Waals surface area contributed by atoms with Gasteiger partial charge in [-0.05, 0) is 66.1 Å². The van der Waals surface area contributed by atoms with E-state index in [1.54, 1.807) is 49.4 Å². The number of ether oxygens (including phenoxy) is 1. The maximum Gasteiger partial charge on any atom is 0.330 e. The molecule has 0 aliphatic heterocycles. The second-order valence-electron chi connectivity index (χ2n) is 6.37. The standard InChI is InChI=1S/C24H19F2NO3/c1-2-30-23(28)12-9-16-5-3-8-20(13-16)27-24(29)21-15-18(10-11-22(21)26)17-6-4-7-19(25)14-17/h3-15H,2H2,1H3,(H,27,29)/b12-9+. The summed E-state index contributed by atoms with van der Waals surface area (Å²) >= 11 is 0. The molecule has 0 heterocycles. The molecule has 0 spiro atoms. The number of rotatable bonds is 6. The van der Waals surface area contributed by atoms with Gasteiger partial charge in [0.2, 0.25) is 0 Å². The van der Waals surface area contributed by atoms with Crippen LogP contribution in [0.4, 0.5) is 14.5 Å². The average Bonchev–Trinajstić information content (AvgIpc) is 2.73. The summed E-state index contributed by atoms with van der Waals surface area (Å²) in [6.45, 7) is 1.99. The van der Waals surface area contributed by atoms with E-state index < -0.39 is 23.5 Å². The summed E-state index contributed by atoms with van der Waals surface area (Å²) in [5.41, 5.74) is 1.99. The fourth-order valence-electron chi connectivity index (χ4n) is 2.82. The molecule has 152 valence electrons. The monoisotopic (exact) mass is 407 g/mol. The maximum absolute atomic E-state index is 14.3. The number of benzene rings is 3. The minimum atomic E-state index is -0.689. The highest BCUT2D eigenvalue weighted by Crippen LogP contribution is 2.24. The first-order chi connectivity index (χ1) is 14.5. The van der Waals surface area contributed by atoms with Crippen LogP contribution in [-0.4, -0.2) is 18.5 Å². The van der Waals surface area contributed by atoms with Crippen LogP contribution in [0.5, 0.6) is 0 Å². The summed E-state index contributed by atoms with van der Waals surface area (Å²) in [6.07, 6.45) is 2.84. The Morgan fingerprint density at radius 1 is 0.967 bits per heavy atom. The van der Waals surface area contributed by atoms with Crippen molar-refractivity contribution in [3.8, 4) is 11.1 Å². The second-order valence-corrected chi connectivity index (χ2v) is 6.37. The van der Waals surface area contributed by atoms with Gasteiger partial charge in [-0.25, -0.2) is 13.6 Å². The first kappa shape index (κ1) is 20.9. The second kappa shape index (κ2) is 9.60. The Morgan fingerprint density at radius 2 is 1.73 bits per heavy atom. The van der Waals surface area contributed by atoms with E-state index in [0.29, 0.717) is 22.4 Å². The van der Waals surface area contributed by atoms with Crippen molar-refractivity contribution in [1.29, 1.82) is 0 Å². The zero-order valence-electron chi connectivity index (χ0n) is 16.2. The third-order valence-electron chi connectivity index (χ3n) is 4.21. The van der Waals surface area contributed by atoms with Gasteiger partial charge in [0.05, 0.1) is 12.2 Å². The molecule has 0 saturated carbocycles. The van der Waals surface area contributed by atoms with Crippen LogP contribution in [0.15, 0.2) is 72.8 Å². The molecule has 0 aromatic heterocycles. The van der Waals surface area contributed by atoms with Crippen molar-refractivity contribution in [3.63, 3.8) is 0 Å². The molecule has 1 N–H and O–H groups in total. The topological polar surface area (TPSA) is 55.4 Å². The number of amides is 1. The number of carbonyl (C=O) groups is 2. The molecule has 0 saturated heterocycles. The smallest absolute Gasteiger partial charge is 0.330 e. The van der Waals surface area contributed by atoms with Gasteiger partial charge in [0.1, 0.15) is 11.6 Å². The van der Waals surface area contributed by atoms with Crippen molar-refractivity contribution in [1.82, 2.24) is 0 Å². The van der Waals surface area contributed by atoms with Crippen molar-refractivity contribution in [2.75, 3.05) is 11.9 Å². The lowest BCUT2D eigenvalue weighted by molar-refractivity contribution is -0.137. The molecule has 3 rings (SSSR count). The Kier molecular flexibility index (Phi) is 6.70. The van der Waals surface area contributed by atoms with Crippen LogP contribution in [0.25, 0.3) is 17.2 Å². The number of nitrogens with one attached hydrogen (secondary N) is 1. The Hall–Kier alpha value is -3.80. The summed E-state index contributed by atoms with van der Waals surface area (Å²) in [5.74, 6) is -2.22. The SMILES string of the molecule is CCOC(=O)/C=C/c1cccc(NC(=O)c2cc(-c3cccc(F)c3)ccc2F)c1. The summed E-state index contributed by atoms with van der Waals surface area (Å²) in [6, 6.07) is 16.6. The molecule has 3 aromatic carbocycles. The van der Waals surface area contributed by atoms with Gasteiger partial charge in [-0.2, -0.15) is 0 Å². The third-order valence-corrected chi connectivity index (χ3v) is 4.21. The molecular formula is C24H19F2NO3.